The predicted octanol–water partition coefficient (Wildman–Crippen LogP) is 2.55. The first-order valence-electron chi connectivity index (χ1n) is 9.14. The van der Waals surface area contributed by atoms with E-state index in [1.807, 2.05) is 0 Å². The van der Waals surface area contributed by atoms with Crippen LogP contribution in [0.25, 0.3) is 0 Å². The second kappa shape index (κ2) is 10.5. The number of hydrazone groups is 2. The number of hydrogen-bond acceptors (Lipinski definition) is 11. The van der Waals surface area contributed by atoms with Crippen molar-refractivity contribution in [3.63, 3.8) is 0 Å². The lowest BCUT2D eigenvalue weighted by Gasteiger charge is -2.07. The number of amides is 1. The standard InChI is InChI=1S/C18H15ClN8O6S/c1-11(22-25-17(28)14-7-8-15(33-14)27(29)30)16(19)24-23-12-3-5-13(6-4-12)34(31,32)26-18-20-9-2-10-21-18/h2-10,23H,1H3,(H,25,28)(H,20,21,26)/b22-11+,24-16-. The number of rotatable bonds is 9. The number of furan rings is 1. The number of benzene rings is 1. The Hall–Kier alpha value is -4.37. The zero-order valence-corrected chi connectivity index (χ0v) is 18.7. The maximum absolute atomic E-state index is 12.4. The van der Waals surface area contributed by atoms with Crippen molar-refractivity contribution in [3.05, 3.63) is 70.7 Å². The molecule has 0 aliphatic carbocycles. The third kappa shape index (κ3) is 6.33. The molecule has 2 aromatic heterocycles. The molecule has 3 aromatic rings. The molecule has 2 heterocycles. The summed E-state index contributed by atoms with van der Waals surface area (Å²) in [4.78, 5) is 29.3. The number of nitrogens with zero attached hydrogens (tertiary/aromatic N) is 5. The van der Waals surface area contributed by atoms with Crippen LogP contribution in [0.15, 0.2) is 74.4 Å². The number of anilines is 2. The van der Waals surface area contributed by atoms with Gasteiger partial charge in [-0.1, -0.05) is 11.6 Å². The Morgan fingerprint density at radius 1 is 1.12 bits per heavy atom. The average Bonchev–Trinajstić information content (AvgIpc) is 3.32. The first-order valence-corrected chi connectivity index (χ1v) is 11.0. The summed E-state index contributed by atoms with van der Waals surface area (Å²) in [6.45, 7) is 1.45. The van der Waals surface area contributed by atoms with Crippen molar-refractivity contribution in [3.8, 4) is 0 Å². The molecule has 16 heteroatoms. The van der Waals surface area contributed by atoms with E-state index in [-0.39, 0.29) is 27.5 Å². The lowest BCUT2D eigenvalue weighted by Crippen LogP contribution is -2.20. The largest absolute Gasteiger partial charge is 0.433 e. The van der Waals surface area contributed by atoms with E-state index in [1.54, 1.807) is 6.07 Å². The van der Waals surface area contributed by atoms with E-state index < -0.39 is 26.7 Å². The summed E-state index contributed by atoms with van der Waals surface area (Å²) in [5.74, 6) is -1.78. The molecule has 0 aliphatic rings. The number of carbonyl (C=O) groups is 1. The van der Waals surface area contributed by atoms with Crippen LogP contribution in [0.2, 0.25) is 0 Å². The molecule has 14 nitrogen and oxygen atoms in total. The number of halogens is 1. The van der Waals surface area contributed by atoms with Crippen molar-refractivity contribution < 1.29 is 22.6 Å². The van der Waals surface area contributed by atoms with Crippen LogP contribution >= 0.6 is 11.6 Å². The molecule has 0 bridgehead atoms. The molecular weight excluding hydrogens is 492 g/mol. The Labute approximate surface area is 196 Å². The van der Waals surface area contributed by atoms with E-state index in [4.69, 9.17) is 16.0 Å². The second-order valence-electron chi connectivity index (χ2n) is 6.25. The summed E-state index contributed by atoms with van der Waals surface area (Å²) in [7, 11) is -3.89. The van der Waals surface area contributed by atoms with Crippen molar-refractivity contribution >= 4 is 55.9 Å². The number of sulfonamides is 1. The first kappa shape index (κ1) is 24.3. The minimum absolute atomic E-state index is 0.0285. The fourth-order valence-electron chi connectivity index (χ4n) is 2.22. The topological polar surface area (TPSA) is 194 Å². The lowest BCUT2D eigenvalue weighted by molar-refractivity contribution is -0.402. The van der Waals surface area contributed by atoms with Crippen molar-refractivity contribution in [1.82, 2.24) is 15.4 Å². The predicted molar refractivity (Wildman–Crippen MR) is 122 cm³/mol. The van der Waals surface area contributed by atoms with Crippen LogP contribution in [0.4, 0.5) is 17.5 Å². The van der Waals surface area contributed by atoms with E-state index in [2.05, 4.69) is 35.7 Å². The Morgan fingerprint density at radius 3 is 2.41 bits per heavy atom. The molecule has 1 amide bonds. The number of nitro groups is 1. The van der Waals surface area contributed by atoms with Crippen molar-refractivity contribution in [2.75, 3.05) is 10.1 Å². The highest BCUT2D eigenvalue weighted by molar-refractivity contribution is 7.92. The van der Waals surface area contributed by atoms with Gasteiger partial charge in [0.2, 0.25) is 11.7 Å². The first-order chi connectivity index (χ1) is 16.2. The number of carbonyl (C=O) groups excluding carboxylic acids is 1. The normalized spacial score (nSPS) is 12.2. The van der Waals surface area contributed by atoms with E-state index >= 15 is 0 Å². The van der Waals surface area contributed by atoms with Gasteiger partial charge >= 0.3 is 11.8 Å². The van der Waals surface area contributed by atoms with Crippen LogP contribution in [0, 0.1) is 10.1 Å². The average molecular weight is 507 g/mol. The van der Waals surface area contributed by atoms with Gasteiger partial charge < -0.3 is 4.42 Å². The van der Waals surface area contributed by atoms with Crippen LogP contribution in [0.3, 0.4) is 0 Å². The van der Waals surface area contributed by atoms with Gasteiger partial charge in [0.05, 0.1) is 22.4 Å². The van der Waals surface area contributed by atoms with Crippen molar-refractivity contribution in [1.29, 1.82) is 0 Å². The lowest BCUT2D eigenvalue weighted by atomic mass is 10.3. The van der Waals surface area contributed by atoms with Gasteiger partial charge in [-0.25, -0.2) is 28.5 Å². The molecule has 0 unspecified atom stereocenters. The molecule has 0 atom stereocenters. The summed E-state index contributed by atoms with van der Waals surface area (Å²) in [6.07, 6.45) is 2.80. The zero-order chi connectivity index (χ0) is 24.7. The van der Waals surface area contributed by atoms with Gasteiger partial charge in [0, 0.05) is 12.4 Å². The highest BCUT2D eigenvalue weighted by Gasteiger charge is 2.17. The fourth-order valence-corrected chi connectivity index (χ4v) is 3.26. The van der Waals surface area contributed by atoms with Crippen molar-refractivity contribution in [2.24, 2.45) is 10.2 Å². The maximum Gasteiger partial charge on any atom is 0.433 e. The summed E-state index contributed by atoms with van der Waals surface area (Å²) < 4.78 is 31.8. The van der Waals surface area contributed by atoms with E-state index in [0.717, 1.165) is 12.1 Å². The van der Waals surface area contributed by atoms with E-state index in [0.29, 0.717) is 5.69 Å². The number of nitrogens with one attached hydrogen (secondary N) is 3. The van der Waals surface area contributed by atoms with Gasteiger partial charge in [-0.15, -0.1) is 0 Å². The molecule has 0 saturated heterocycles. The van der Waals surface area contributed by atoms with E-state index in [1.165, 1.54) is 43.6 Å². The monoisotopic (exact) mass is 506 g/mol. The minimum atomic E-state index is -3.89. The summed E-state index contributed by atoms with van der Waals surface area (Å²) >= 11 is 6.02. The number of aromatic nitrogens is 2. The SMILES string of the molecule is CC(=N\NC(=O)c1ccc([N+](=O)[O-])o1)/C(Cl)=N/Nc1ccc(S(=O)(=O)Nc2ncccn2)cc1. The molecule has 0 radical (unpaired) electrons. The van der Waals surface area contributed by atoms with Gasteiger partial charge in [0.1, 0.15) is 4.92 Å². The highest BCUT2D eigenvalue weighted by atomic mass is 35.5. The van der Waals surface area contributed by atoms with Crippen molar-refractivity contribution in [2.45, 2.75) is 11.8 Å². The molecule has 0 fully saturated rings. The molecule has 3 rings (SSSR count). The third-order valence-electron chi connectivity index (χ3n) is 3.86. The van der Waals surface area contributed by atoms with Crippen LogP contribution in [0.1, 0.15) is 17.5 Å². The van der Waals surface area contributed by atoms with Crippen LogP contribution < -0.4 is 15.6 Å². The molecule has 34 heavy (non-hydrogen) atoms. The summed E-state index contributed by atoms with van der Waals surface area (Å²) in [5, 5.41) is 18.1. The van der Waals surface area contributed by atoms with Gasteiger partial charge in [-0.05, 0) is 43.3 Å². The van der Waals surface area contributed by atoms with Gasteiger partial charge in [0.15, 0.2) is 5.17 Å². The Balaban J connectivity index is 1.59. The fraction of sp³-hybridized carbons (Fsp3) is 0.0556. The molecule has 176 valence electrons. The van der Waals surface area contributed by atoms with E-state index in [9.17, 15) is 23.3 Å². The smallest absolute Gasteiger partial charge is 0.395 e. The second-order valence-corrected chi connectivity index (χ2v) is 8.29. The van der Waals surface area contributed by atoms with Crippen LogP contribution in [-0.4, -0.2) is 40.1 Å². The van der Waals surface area contributed by atoms with Crippen LogP contribution in [-0.2, 0) is 10.0 Å². The van der Waals surface area contributed by atoms with Crippen LogP contribution in [0.5, 0.6) is 0 Å². The molecule has 0 aliphatic heterocycles. The maximum atomic E-state index is 12.4. The van der Waals surface area contributed by atoms with Gasteiger partial charge in [-0.3, -0.25) is 20.3 Å². The summed E-state index contributed by atoms with van der Waals surface area (Å²) in [6, 6.07) is 9.28. The Kier molecular flexibility index (Phi) is 7.50. The summed E-state index contributed by atoms with van der Waals surface area (Å²) in [5.41, 5.74) is 5.26. The van der Waals surface area contributed by atoms with Gasteiger partial charge in [-0.2, -0.15) is 10.2 Å². The Morgan fingerprint density at radius 2 is 1.79 bits per heavy atom. The highest BCUT2D eigenvalue weighted by Crippen LogP contribution is 2.17. The quantitative estimate of drug-likeness (QED) is 0.222. The number of hydrogen-bond donors (Lipinski definition) is 3. The minimum Gasteiger partial charge on any atom is -0.395 e. The molecule has 1 aromatic carbocycles. The molecule has 3 N–H and O–H groups in total. The molecule has 0 saturated carbocycles. The third-order valence-corrected chi connectivity index (χ3v) is 5.56. The zero-order valence-electron chi connectivity index (χ0n) is 17.2. The Bertz CT molecular complexity index is 1360. The van der Waals surface area contributed by atoms with Gasteiger partial charge in [0.25, 0.3) is 10.0 Å². The molecule has 0 spiro atoms. The molecular formula is C18H15ClN8O6S.